The summed E-state index contributed by atoms with van der Waals surface area (Å²) in [6.07, 6.45) is 11.4. The number of ether oxygens (including phenoxy) is 1. The standard InChI is InChI=1S/C32H43N2O5P/c1-5-38-40(39-6-2)20-37-25-9-7-8-24(15-25)34-28-14-22-10-12-26-27-13-11-23(19-35)31(27,3)17-29(36)30(26)32(22,4)16-21(28)18-33-34/h7-9,14-15,18-19,23,26-27,29-30,36H,5-6,10-13,16-17,20H2,1-4H3. The van der Waals surface area contributed by atoms with Gasteiger partial charge in [0.05, 0.1) is 36.9 Å². The van der Waals surface area contributed by atoms with Crippen molar-refractivity contribution in [2.45, 2.75) is 72.3 Å². The third-order valence-corrected chi connectivity index (χ3v) is 12.0. The number of carbonyl (C=O) groups is 1. The quantitative estimate of drug-likeness (QED) is 0.273. The highest BCUT2D eigenvalue weighted by atomic mass is 31.2. The van der Waals surface area contributed by atoms with Gasteiger partial charge in [-0.2, -0.15) is 5.10 Å². The lowest BCUT2D eigenvalue weighted by atomic mass is 9.46. The molecule has 1 N–H and O–H groups in total. The van der Waals surface area contributed by atoms with E-state index in [0.29, 0.717) is 31.4 Å². The Hall–Kier alpha value is -2.05. The number of hydrogen-bond acceptors (Lipinski definition) is 6. The van der Waals surface area contributed by atoms with Crippen LogP contribution in [0.1, 0.15) is 71.1 Å². The molecule has 216 valence electrons. The second-order valence-electron chi connectivity index (χ2n) is 12.6. The number of carbonyl (C=O) groups excluding carboxylic acids is 1. The minimum atomic E-state index is -1.07. The van der Waals surface area contributed by atoms with Crippen molar-refractivity contribution in [1.29, 1.82) is 0 Å². The highest BCUT2D eigenvalue weighted by Crippen LogP contribution is 2.66. The molecule has 7 atom stereocenters. The summed E-state index contributed by atoms with van der Waals surface area (Å²) in [6.45, 7) is 9.76. The van der Waals surface area contributed by atoms with Crippen LogP contribution < -0.4 is 4.74 Å². The molecule has 6 rings (SSSR count). The molecule has 0 saturated heterocycles. The fourth-order valence-electron chi connectivity index (χ4n) is 8.88. The van der Waals surface area contributed by atoms with Crippen molar-refractivity contribution in [1.82, 2.24) is 9.78 Å². The topological polar surface area (TPSA) is 82.8 Å². The van der Waals surface area contributed by atoms with E-state index in [2.05, 4.69) is 26.0 Å². The van der Waals surface area contributed by atoms with Crippen LogP contribution in [0, 0.1) is 34.5 Å². The van der Waals surface area contributed by atoms with E-state index in [1.807, 2.05) is 42.9 Å². The normalized spacial score (nSPS) is 34.5. The molecule has 3 fully saturated rings. The molecule has 1 heterocycles. The van der Waals surface area contributed by atoms with Crippen molar-refractivity contribution >= 4 is 20.7 Å². The summed E-state index contributed by atoms with van der Waals surface area (Å²) < 4.78 is 19.5. The Morgan fingerprint density at radius 2 is 1.98 bits per heavy atom. The van der Waals surface area contributed by atoms with Crippen LogP contribution in [-0.4, -0.2) is 46.8 Å². The van der Waals surface area contributed by atoms with E-state index >= 15 is 0 Å². The van der Waals surface area contributed by atoms with Crippen LogP contribution in [-0.2, 0) is 20.3 Å². The van der Waals surface area contributed by atoms with Crippen molar-refractivity contribution in [2.75, 3.05) is 19.6 Å². The number of aromatic nitrogens is 2. The zero-order chi connectivity index (χ0) is 28.1. The zero-order valence-electron chi connectivity index (χ0n) is 24.2. The monoisotopic (exact) mass is 566 g/mol. The smallest absolute Gasteiger partial charge is 0.211 e. The number of rotatable bonds is 9. The molecule has 7 nitrogen and oxygen atoms in total. The lowest BCUT2D eigenvalue weighted by molar-refractivity contribution is -0.134. The summed E-state index contributed by atoms with van der Waals surface area (Å²) >= 11 is 0. The number of hydrogen-bond donors (Lipinski definition) is 1. The minimum Gasteiger partial charge on any atom is -0.484 e. The van der Waals surface area contributed by atoms with Gasteiger partial charge in [0.1, 0.15) is 12.0 Å². The Kier molecular flexibility index (Phi) is 7.71. The van der Waals surface area contributed by atoms with Gasteiger partial charge >= 0.3 is 0 Å². The van der Waals surface area contributed by atoms with Gasteiger partial charge in [-0.1, -0.05) is 25.5 Å². The molecular formula is C32H43N2O5P. The predicted molar refractivity (Wildman–Crippen MR) is 156 cm³/mol. The minimum absolute atomic E-state index is 0.0653. The van der Waals surface area contributed by atoms with Gasteiger partial charge in [-0.3, -0.25) is 0 Å². The first-order valence-electron chi connectivity index (χ1n) is 15.0. The summed E-state index contributed by atoms with van der Waals surface area (Å²) in [6, 6.07) is 8.04. The van der Waals surface area contributed by atoms with Gasteiger partial charge in [0.2, 0.25) is 8.38 Å². The van der Waals surface area contributed by atoms with Crippen molar-refractivity contribution in [2.24, 2.45) is 34.5 Å². The first-order valence-corrected chi connectivity index (χ1v) is 16.4. The molecule has 4 aliphatic rings. The molecule has 40 heavy (non-hydrogen) atoms. The lowest BCUT2D eigenvalue weighted by Crippen LogP contribution is -2.57. The number of aliphatic hydroxyl groups is 1. The van der Waals surface area contributed by atoms with Crippen LogP contribution in [0.3, 0.4) is 0 Å². The molecule has 8 heteroatoms. The number of fused-ring (bicyclic) bond motifs is 6. The van der Waals surface area contributed by atoms with E-state index in [0.717, 1.165) is 55.7 Å². The zero-order valence-corrected chi connectivity index (χ0v) is 25.1. The van der Waals surface area contributed by atoms with E-state index in [4.69, 9.17) is 18.9 Å². The van der Waals surface area contributed by atoms with Crippen molar-refractivity contribution in [3.8, 4) is 11.4 Å². The lowest BCUT2D eigenvalue weighted by Gasteiger charge is -2.59. The molecule has 3 saturated carbocycles. The van der Waals surface area contributed by atoms with Crippen LogP contribution in [0.5, 0.6) is 5.75 Å². The molecule has 0 radical (unpaired) electrons. The van der Waals surface area contributed by atoms with E-state index in [9.17, 15) is 9.90 Å². The summed E-state index contributed by atoms with van der Waals surface area (Å²) in [7, 11) is -1.07. The first kappa shape index (κ1) is 28.1. The maximum absolute atomic E-state index is 11.9. The molecule has 0 aliphatic heterocycles. The fourth-order valence-corrected chi connectivity index (χ4v) is 9.94. The maximum Gasteiger partial charge on any atom is 0.211 e. The molecule has 4 aliphatic carbocycles. The van der Waals surface area contributed by atoms with E-state index in [1.54, 1.807) is 0 Å². The highest BCUT2D eigenvalue weighted by molar-refractivity contribution is 7.47. The van der Waals surface area contributed by atoms with Crippen LogP contribution in [0.2, 0.25) is 0 Å². The molecule has 1 aromatic heterocycles. The van der Waals surface area contributed by atoms with Gasteiger partial charge in [-0.05, 0) is 105 Å². The maximum atomic E-state index is 11.9. The Bertz CT molecular complexity index is 1270. The molecule has 7 unspecified atom stereocenters. The van der Waals surface area contributed by atoms with Crippen LogP contribution in [0.15, 0.2) is 36.0 Å². The largest absolute Gasteiger partial charge is 0.484 e. The predicted octanol–water partition coefficient (Wildman–Crippen LogP) is 6.56. The van der Waals surface area contributed by atoms with Gasteiger partial charge in [0, 0.05) is 12.0 Å². The number of aliphatic hydroxyl groups excluding tert-OH is 1. The summed E-state index contributed by atoms with van der Waals surface area (Å²) in [5.74, 6) is 2.05. The number of allylic oxidation sites excluding steroid dienone is 1. The van der Waals surface area contributed by atoms with Crippen LogP contribution in [0.25, 0.3) is 11.8 Å². The van der Waals surface area contributed by atoms with E-state index in [1.165, 1.54) is 17.4 Å². The fraction of sp³-hybridized carbons (Fsp3) is 0.625. The summed E-state index contributed by atoms with van der Waals surface area (Å²) in [4.78, 5) is 11.9. The van der Waals surface area contributed by atoms with Gasteiger partial charge in [-0.15, -0.1) is 0 Å². The molecule has 0 spiro atoms. The number of benzene rings is 1. The summed E-state index contributed by atoms with van der Waals surface area (Å²) in [5, 5.41) is 16.5. The summed E-state index contributed by atoms with van der Waals surface area (Å²) in [5.41, 5.74) is 4.60. The van der Waals surface area contributed by atoms with Crippen molar-refractivity contribution < 1.29 is 23.7 Å². The van der Waals surface area contributed by atoms with Crippen molar-refractivity contribution in [3.05, 3.63) is 47.3 Å². The average Bonchev–Trinajstić information content (AvgIpc) is 3.49. The Balaban J connectivity index is 1.25. The van der Waals surface area contributed by atoms with Gasteiger partial charge in [0.25, 0.3) is 0 Å². The molecular weight excluding hydrogens is 523 g/mol. The van der Waals surface area contributed by atoms with Gasteiger partial charge in [-0.25, -0.2) is 4.68 Å². The van der Waals surface area contributed by atoms with Crippen molar-refractivity contribution in [3.63, 3.8) is 0 Å². The van der Waals surface area contributed by atoms with Gasteiger partial charge < -0.3 is 23.7 Å². The Labute approximate surface area is 239 Å². The highest BCUT2D eigenvalue weighted by Gasteiger charge is 2.62. The van der Waals surface area contributed by atoms with Crippen LogP contribution >= 0.6 is 8.38 Å². The molecule has 0 bridgehead atoms. The molecule has 1 aromatic carbocycles. The second kappa shape index (κ2) is 11.0. The second-order valence-corrected chi connectivity index (χ2v) is 14.0. The van der Waals surface area contributed by atoms with Gasteiger partial charge in [0.15, 0.2) is 6.35 Å². The average molecular weight is 567 g/mol. The van der Waals surface area contributed by atoms with E-state index < -0.39 is 8.38 Å². The Morgan fingerprint density at radius 1 is 1.18 bits per heavy atom. The van der Waals surface area contributed by atoms with E-state index in [-0.39, 0.29) is 28.8 Å². The third kappa shape index (κ3) is 4.58. The van der Waals surface area contributed by atoms with Crippen LogP contribution in [0.4, 0.5) is 0 Å². The Morgan fingerprint density at radius 3 is 2.73 bits per heavy atom. The third-order valence-electron chi connectivity index (χ3n) is 10.6. The first-order chi connectivity index (χ1) is 19.3. The molecule has 2 aromatic rings. The SMILES string of the molecule is CCOP(COc1cccc(-n2ncc3c2C=C2CCC4C(C(O)CC5(C)C(C=O)CCC45)C2(C)C3)c1)OCC. The number of aldehydes is 1. The molecule has 0 amide bonds. The number of nitrogens with zero attached hydrogens (tertiary/aromatic N) is 2.